The number of aliphatic hydroxyl groups is 1. The lowest BCUT2D eigenvalue weighted by Gasteiger charge is -2.40. The Morgan fingerprint density at radius 3 is 2.79 bits per heavy atom. The van der Waals surface area contributed by atoms with E-state index < -0.39 is 0 Å². The molecule has 8 heteroatoms. The van der Waals surface area contributed by atoms with E-state index in [-0.39, 0.29) is 17.4 Å². The third-order valence-electron chi connectivity index (χ3n) is 3.30. The third kappa shape index (κ3) is 2.39. The van der Waals surface area contributed by atoms with Crippen molar-refractivity contribution < 1.29 is 5.11 Å². The molecule has 0 radical (unpaired) electrons. The van der Waals surface area contributed by atoms with Gasteiger partial charge in [-0.3, -0.25) is 0 Å². The van der Waals surface area contributed by atoms with Gasteiger partial charge in [-0.05, 0) is 36.9 Å². The standard InChI is InChI=1S/C11H13ClN6O/c12-8-14-9(17-11(7-19)3-1-4-11)16-10(15-8)18-6-2-5-13-18/h2,5-6,19H,1,3-4,7H2,(H,14,15,16,17). The summed E-state index contributed by atoms with van der Waals surface area (Å²) in [5.41, 5.74) is -0.327. The number of hydrogen-bond donors (Lipinski definition) is 2. The first-order valence-corrected chi connectivity index (χ1v) is 6.39. The number of nitrogens with zero attached hydrogens (tertiary/aromatic N) is 5. The zero-order valence-corrected chi connectivity index (χ0v) is 10.9. The molecule has 0 atom stereocenters. The SMILES string of the molecule is OCC1(Nc2nc(Cl)nc(-n3cccn3)n2)CCC1. The van der Waals surface area contributed by atoms with Gasteiger partial charge < -0.3 is 10.4 Å². The first kappa shape index (κ1) is 12.3. The Morgan fingerprint density at radius 2 is 2.21 bits per heavy atom. The van der Waals surface area contributed by atoms with Gasteiger partial charge in [-0.2, -0.15) is 20.1 Å². The van der Waals surface area contributed by atoms with Crippen LogP contribution in [0.2, 0.25) is 5.28 Å². The fraction of sp³-hybridized carbons (Fsp3) is 0.455. The number of anilines is 1. The molecular formula is C11H13ClN6O. The molecule has 0 aromatic carbocycles. The number of nitrogens with one attached hydrogen (secondary N) is 1. The molecule has 1 saturated carbocycles. The molecule has 1 aliphatic carbocycles. The van der Waals surface area contributed by atoms with Gasteiger partial charge in [0.25, 0.3) is 5.95 Å². The minimum absolute atomic E-state index is 0.0490. The van der Waals surface area contributed by atoms with E-state index in [1.54, 1.807) is 18.5 Å². The van der Waals surface area contributed by atoms with Crippen LogP contribution in [0.1, 0.15) is 19.3 Å². The molecule has 19 heavy (non-hydrogen) atoms. The summed E-state index contributed by atoms with van der Waals surface area (Å²) in [6.45, 7) is 0.0490. The summed E-state index contributed by atoms with van der Waals surface area (Å²) >= 11 is 5.89. The lowest BCUT2D eigenvalue weighted by Crippen LogP contribution is -2.48. The molecule has 0 amide bonds. The number of rotatable bonds is 4. The summed E-state index contributed by atoms with van der Waals surface area (Å²) < 4.78 is 1.51. The van der Waals surface area contributed by atoms with Crippen LogP contribution in [0.4, 0.5) is 5.95 Å². The van der Waals surface area contributed by atoms with Gasteiger partial charge in [0.2, 0.25) is 11.2 Å². The summed E-state index contributed by atoms with van der Waals surface area (Å²) in [5, 5.41) is 16.7. The highest BCUT2D eigenvalue weighted by atomic mass is 35.5. The first-order valence-electron chi connectivity index (χ1n) is 6.01. The average molecular weight is 281 g/mol. The van der Waals surface area contributed by atoms with Gasteiger partial charge in [0.05, 0.1) is 12.1 Å². The van der Waals surface area contributed by atoms with E-state index in [0.717, 1.165) is 19.3 Å². The second-order valence-electron chi connectivity index (χ2n) is 4.60. The van der Waals surface area contributed by atoms with Gasteiger partial charge >= 0.3 is 0 Å². The highest BCUT2D eigenvalue weighted by Gasteiger charge is 2.37. The largest absolute Gasteiger partial charge is 0.394 e. The van der Waals surface area contributed by atoms with Crippen LogP contribution in [0.25, 0.3) is 5.95 Å². The minimum atomic E-state index is -0.327. The van der Waals surface area contributed by atoms with Crippen LogP contribution in [0, 0.1) is 0 Å². The van der Waals surface area contributed by atoms with Crippen molar-refractivity contribution >= 4 is 17.5 Å². The summed E-state index contributed by atoms with van der Waals surface area (Å²) in [6, 6.07) is 1.77. The topological polar surface area (TPSA) is 88.8 Å². The molecule has 2 heterocycles. The zero-order chi connectivity index (χ0) is 13.3. The molecule has 1 aliphatic rings. The number of hydrogen-bond acceptors (Lipinski definition) is 6. The predicted molar refractivity (Wildman–Crippen MR) is 69.2 cm³/mol. The van der Waals surface area contributed by atoms with Gasteiger partial charge in [-0.25, -0.2) is 4.68 Å². The van der Waals surface area contributed by atoms with Gasteiger partial charge in [0, 0.05) is 12.4 Å². The molecule has 0 aliphatic heterocycles. The Labute approximate surface area is 114 Å². The maximum absolute atomic E-state index is 9.44. The lowest BCUT2D eigenvalue weighted by atomic mass is 9.77. The fourth-order valence-electron chi connectivity index (χ4n) is 2.05. The van der Waals surface area contributed by atoms with Crippen molar-refractivity contribution in [2.24, 2.45) is 0 Å². The van der Waals surface area contributed by atoms with E-state index in [4.69, 9.17) is 11.6 Å². The molecule has 3 rings (SSSR count). The van der Waals surface area contributed by atoms with E-state index in [0.29, 0.717) is 11.9 Å². The molecule has 2 aromatic rings. The second-order valence-corrected chi connectivity index (χ2v) is 4.93. The molecular weight excluding hydrogens is 268 g/mol. The van der Waals surface area contributed by atoms with Gasteiger partial charge in [0.1, 0.15) is 0 Å². The van der Waals surface area contributed by atoms with E-state index >= 15 is 0 Å². The number of halogens is 1. The Kier molecular flexibility index (Phi) is 3.08. The van der Waals surface area contributed by atoms with Crippen molar-refractivity contribution in [1.29, 1.82) is 0 Å². The monoisotopic (exact) mass is 280 g/mol. The Morgan fingerprint density at radius 1 is 1.37 bits per heavy atom. The fourth-order valence-corrected chi connectivity index (χ4v) is 2.20. The van der Waals surface area contributed by atoms with E-state index in [9.17, 15) is 5.11 Å². The van der Waals surface area contributed by atoms with E-state index in [1.807, 2.05) is 0 Å². The van der Waals surface area contributed by atoms with Crippen molar-refractivity contribution in [2.45, 2.75) is 24.8 Å². The molecule has 100 valence electrons. The van der Waals surface area contributed by atoms with Crippen LogP contribution < -0.4 is 5.32 Å². The van der Waals surface area contributed by atoms with Crippen LogP contribution in [-0.2, 0) is 0 Å². The van der Waals surface area contributed by atoms with Crippen LogP contribution in [0.3, 0.4) is 0 Å². The lowest BCUT2D eigenvalue weighted by molar-refractivity contribution is 0.143. The average Bonchev–Trinajstić information content (AvgIpc) is 2.87. The van der Waals surface area contributed by atoms with Gasteiger partial charge in [-0.15, -0.1) is 0 Å². The Hall–Kier alpha value is -1.73. The van der Waals surface area contributed by atoms with Crippen molar-refractivity contribution in [3.8, 4) is 5.95 Å². The van der Waals surface area contributed by atoms with E-state index in [1.165, 1.54) is 4.68 Å². The highest BCUT2D eigenvalue weighted by molar-refractivity contribution is 6.28. The number of aliphatic hydroxyl groups excluding tert-OH is 1. The van der Waals surface area contributed by atoms with Crippen molar-refractivity contribution in [3.05, 3.63) is 23.7 Å². The minimum Gasteiger partial charge on any atom is -0.394 e. The van der Waals surface area contributed by atoms with Gasteiger partial charge in [0.15, 0.2) is 0 Å². The second kappa shape index (κ2) is 4.75. The molecule has 0 unspecified atom stereocenters. The molecule has 2 N–H and O–H groups in total. The highest BCUT2D eigenvalue weighted by Crippen LogP contribution is 2.34. The zero-order valence-electron chi connectivity index (χ0n) is 10.1. The molecule has 0 spiro atoms. The molecule has 0 saturated heterocycles. The molecule has 1 fully saturated rings. The third-order valence-corrected chi connectivity index (χ3v) is 3.46. The maximum atomic E-state index is 9.44. The molecule has 2 aromatic heterocycles. The Balaban J connectivity index is 1.90. The summed E-state index contributed by atoms with van der Waals surface area (Å²) in [6.07, 6.45) is 6.22. The van der Waals surface area contributed by atoms with Crippen molar-refractivity contribution in [3.63, 3.8) is 0 Å². The summed E-state index contributed by atoms with van der Waals surface area (Å²) in [5.74, 6) is 0.708. The normalized spacial score (nSPS) is 16.9. The van der Waals surface area contributed by atoms with Crippen LogP contribution >= 0.6 is 11.6 Å². The van der Waals surface area contributed by atoms with Crippen molar-refractivity contribution in [1.82, 2.24) is 24.7 Å². The smallest absolute Gasteiger partial charge is 0.256 e. The van der Waals surface area contributed by atoms with Crippen LogP contribution in [0.15, 0.2) is 18.5 Å². The van der Waals surface area contributed by atoms with Crippen LogP contribution in [-0.4, -0.2) is 42.0 Å². The number of aromatic nitrogens is 5. The maximum Gasteiger partial charge on any atom is 0.256 e. The summed E-state index contributed by atoms with van der Waals surface area (Å²) in [4.78, 5) is 12.3. The first-order chi connectivity index (χ1) is 9.21. The quantitative estimate of drug-likeness (QED) is 0.870. The molecule has 0 bridgehead atoms. The van der Waals surface area contributed by atoms with Gasteiger partial charge in [-0.1, -0.05) is 0 Å². The van der Waals surface area contributed by atoms with Crippen molar-refractivity contribution in [2.75, 3.05) is 11.9 Å². The molecule has 7 nitrogen and oxygen atoms in total. The summed E-state index contributed by atoms with van der Waals surface area (Å²) in [7, 11) is 0. The van der Waals surface area contributed by atoms with Crippen LogP contribution in [0.5, 0.6) is 0 Å². The van der Waals surface area contributed by atoms with E-state index in [2.05, 4.69) is 25.4 Å². The Bertz CT molecular complexity index is 563. The predicted octanol–water partition coefficient (Wildman–Crippen LogP) is 1.04.